The van der Waals surface area contributed by atoms with Crippen molar-refractivity contribution in [3.8, 4) is 0 Å². The fraction of sp³-hybridized carbons (Fsp3) is 0.238. The summed E-state index contributed by atoms with van der Waals surface area (Å²) in [6, 6.07) is 11.1. The van der Waals surface area contributed by atoms with Crippen LogP contribution >= 0.6 is 11.6 Å². The number of aromatic nitrogens is 3. The summed E-state index contributed by atoms with van der Waals surface area (Å²) in [5.74, 6) is 0.954. The van der Waals surface area contributed by atoms with E-state index < -0.39 is 0 Å². The average Bonchev–Trinajstić information content (AvgIpc) is 2.70. The number of rotatable bonds is 6. The van der Waals surface area contributed by atoms with Crippen molar-refractivity contribution in [1.29, 1.82) is 0 Å². The molecule has 1 aromatic carbocycles. The summed E-state index contributed by atoms with van der Waals surface area (Å²) in [5.41, 5.74) is 3.00. The standard InChI is InChI=1S/C21H22ClN5O/c1-14-17(22)5-4-6-18(14)26-21(28)19-13-20(25-15(2)24-19)27(3)12-9-16-7-10-23-11-8-16/h4-8,10-11,13H,9,12H2,1-3H3,(H,26,28). The second-order valence-electron chi connectivity index (χ2n) is 6.55. The summed E-state index contributed by atoms with van der Waals surface area (Å²) in [6.07, 6.45) is 4.42. The van der Waals surface area contributed by atoms with Crippen molar-refractivity contribution in [3.05, 3.63) is 76.5 Å². The largest absolute Gasteiger partial charge is 0.359 e. The molecule has 3 rings (SSSR count). The van der Waals surface area contributed by atoms with Crippen LogP contribution in [0.1, 0.15) is 27.4 Å². The fourth-order valence-corrected chi connectivity index (χ4v) is 2.93. The predicted octanol–water partition coefficient (Wildman–Crippen LogP) is 4.07. The average molecular weight is 396 g/mol. The van der Waals surface area contributed by atoms with Crippen LogP contribution in [0.3, 0.4) is 0 Å². The molecule has 0 atom stereocenters. The SMILES string of the molecule is Cc1nc(C(=O)Nc2cccc(Cl)c2C)cc(N(C)CCc2ccncc2)n1. The Morgan fingerprint density at radius 3 is 2.64 bits per heavy atom. The number of anilines is 2. The smallest absolute Gasteiger partial charge is 0.274 e. The molecule has 28 heavy (non-hydrogen) atoms. The third kappa shape index (κ3) is 4.84. The Kier molecular flexibility index (Phi) is 6.21. The molecule has 6 nitrogen and oxygen atoms in total. The zero-order valence-corrected chi connectivity index (χ0v) is 16.9. The number of pyridine rings is 1. The number of nitrogens with one attached hydrogen (secondary N) is 1. The number of likely N-dealkylation sites (N-methyl/N-ethyl adjacent to an activating group) is 1. The number of carbonyl (C=O) groups is 1. The quantitative estimate of drug-likeness (QED) is 0.681. The highest BCUT2D eigenvalue weighted by Crippen LogP contribution is 2.23. The zero-order chi connectivity index (χ0) is 20.1. The van der Waals surface area contributed by atoms with Gasteiger partial charge in [0.2, 0.25) is 0 Å². The molecule has 0 fully saturated rings. The number of carbonyl (C=O) groups excluding carboxylic acids is 1. The Morgan fingerprint density at radius 2 is 1.89 bits per heavy atom. The first-order valence-corrected chi connectivity index (χ1v) is 9.34. The molecule has 3 aromatic rings. The number of benzene rings is 1. The van der Waals surface area contributed by atoms with E-state index in [0.29, 0.717) is 28.0 Å². The van der Waals surface area contributed by atoms with Gasteiger partial charge in [-0.2, -0.15) is 0 Å². The lowest BCUT2D eigenvalue weighted by atomic mass is 10.2. The fourth-order valence-electron chi connectivity index (χ4n) is 2.75. The third-order valence-electron chi connectivity index (χ3n) is 4.45. The minimum atomic E-state index is -0.292. The number of halogens is 1. The zero-order valence-electron chi connectivity index (χ0n) is 16.1. The van der Waals surface area contributed by atoms with E-state index in [1.54, 1.807) is 37.5 Å². The van der Waals surface area contributed by atoms with E-state index in [2.05, 4.69) is 20.3 Å². The van der Waals surface area contributed by atoms with Crippen LogP contribution in [-0.4, -0.2) is 34.5 Å². The van der Waals surface area contributed by atoms with Crippen LogP contribution in [0.5, 0.6) is 0 Å². The van der Waals surface area contributed by atoms with Gasteiger partial charge in [-0.1, -0.05) is 17.7 Å². The van der Waals surface area contributed by atoms with Crippen LogP contribution in [0.4, 0.5) is 11.5 Å². The molecule has 0 aliphatic carbocycles. The molecule has 0 aliphatic rings. The third-order valence-corrected chi connectivity index (χ3v) is 4.86. The Labute approximate surface area is 169 Å². The molecule has 0 bridgehead atoms. The van der Waals surface area contributed by atoms with Crippen LogP contribution in [0, 0.1) is 13.8 Å². The van der Waals surface area contributed by atoms with Crippen LogP contribution in [0.2, 0.25) is 5.02 Å². The van der Waals surface area contributed by atoms with Crippen LogP contribution in [0.25, 0.3) is 0 Å². The number of nitrogens with zero attached hydrogens (tertiary/aromatic N) is 4. The van der Waals surface area contributed by atoms with Crippen LogP contribution < -0.4 is 10.2 Å². The van der Waals surface area contributed by atoms with Crippen molar-refractivity contribution in [2.24, 2.45) is 0 Å². The molecule has 0 aliphatic heterocycles. The molecule has 0 unspecified atom stereocenters. The van der Waals surface area contributed by atoms with Gasteiger partial charge in [0.25, 0.3) is 5.91 Å². The molecule has 0 spiro atoms. The molecule has 0 saturated heterocycles. The van der Waals surface area contributed by atoms with Gasteiger partial charge in [-0.3, -0.25) is 9.78 Å². The van der Waals surface area contributed by atoms with E-state index in [9.17, 15) is 4.79 Å². The Bertz CT molecular complexity index is 978. The lowest BCUT2D eigenvalue weighted by molar-refractivity contribution is 0.102. The van der Waals surface area contributed by atoms with E-state index in [4.69, 9.17) is 11.6 Å². The summed E-state index contributed by atoms with van der Waals surface area (Å²) >= 11 is 6.13. The van der Waals surface area contributed by atoms with Crippen molar-refractivity contribution in [1.82, 2.24) is 15.0 Å². The number of hydrogen-bond donors (Lipinski definition) is 1. The van der Waals surface area contributed by atoms with Crippen LogP contribution in [0.15, 0.2) is 48.8 Å². The normalized spacial score (nSPS) is 10.6. The highest BCUT2D eigenvalue weighted by atomic mass is 35.5. The van der Waals surface area contributed by atoms with Crippen molar-refractivity contribution in [3.63, 3.8) is 0 Å². The van der Waals surface area contributed by atoms with E-state index in [1.807, 2.05) is 37.1 Å². The number of aryl methyl sites for hydroxylation is 1. The summed E-state index contributed by atoms with van der Waals surface area (Å²) in [5, 5.41) is 3.48. The Morgan fingerprint density at radius 1 is 1.14 bits per heavy atom. The molecule has 1 N–H and O–H groups in total. The maximum absolute atomic E-state index is 12.7. The molecule has 0 radical (unpaired) electrons. The molecular weight excluding hydrogens is 374 g/mol. The van der Waals surface area contributed by atoms with Crippen LogP contribution in [-0.2, 0) is 6.42 Å². The first kappa shape index (κ1) is 19.8. The number of amides is 1. The highest BCUT2D eigenvalue weighted by molar-refractivity contribution is 6.31. The minimum absolute atomic E-state index is 0.292. The molecule has 144 valence electrons. The first-order valence-electron chi connectivity index (χ1n) is 8.96. The van der Waals surface area contributed by atoms with Crippen molar-refractivity contribution in [2.45, 2.75) is 20.3 Å². The second kappa shape index (κ2) is 8.80. The van der Waals surface area contributed by atoms with Gasteiger partial charge in [-0.25, -0.2) is 9.97 Å². The first-order chi connectivity index (χ1) is 13.4. The van der Waals surface area contributed by atoms with Crippen molar-refractivity contribution < 1.29 is 4.79 Å². The topological polar surface area (TPSA) is 71.0 Å². The van der Waals surface area contributed by atoms with Gasteiger partial charge in [0.05, 0.1) is 0 Å². The molecule has 7 heteroatoms. The lowest BCUT2D eigenvalue weighted by Gasteiger charge is -2.19. The molecular formula is C21H22ClN5O. The van der Waals surface area contributed by atoms with E-state index >= 15 is 0 Å². The van der Waals surface area contributed by atoms with E-state index in [1.165, 1.54) is 5.56 Å². The maximum atomic E-state index is 12.7. The van der Waals surface area contributed by atoms with E-state index in [-0.39, 0.29) is 5.91 Å². The lowest BCUT2D eigenvalue weighted by Crippen LogP contribution is -2.23. The molecule has 1 amide bonds. The Hall–Kier alpha value is -2.99. The molecule has 2 heterocycles. The molecule has 0 saturated carbocycles. The monoisotopic (exact) mass is 395 g/mol. The summed E-state index contributed by atoms with van der Waals surface area (Å²) in [6.45, 7) is 4.40. The highest BCUT2D eigenvalue weighted by Gasteiger charge is 2.14. The van der Waals surface area contributed by atoms with Gasteiger partial charge in [-0.05, 0) is 55.7 Å². The molecule has 2 aromatic heterocycles. The van der Waals surface area contributed by atoms with Gasteiger partial charge in [0.15, 0.2) is 0 Å². The summed E-state index contributed by atoms with van der Waals surface area (Å²) in [4.78, 5) is 27.5. The van der Waals surface area contributed by atoms with Gasteiger partial charge >= 0.3 is 0 Å². The number of hydrogen-bond acceptors (Lipinski definition) is 5. The van der Waals surface area contributed by atoms with Crippen molar-refractivity contribution in [2.75, 3.05) is 23.8 Å². The van der Waals surface area contributed by atoms with Gasteiger partial charge in [0.1, 0.15) is 17.3 Å². The van der Waals surface area contributed by atoms with Gasteiger partial charge in [-0.15, -0.1) is 0 Å². The van der Waals surface area contributed by atoms with Gasteiger partial charge < -0.3 is 10.2 Å². The van der Waals surface area contributed by atoms with E-state index in [0.717, 1.165) is 18.5 Å². The summed E-state index contributed by atoms with van der Waals surface area (Å²) < 4.78 is 0. The van der Waals surface area contributed by atoms with Gasteiger partial charge in [0, 0.05) is 42.8 Å². The van der Waals surface area contributed by atoms with Crippen molar-refractivity contribution >= 4 is 29.0 Å². The second-order valence-corrected chi connectivity index (χ2v) is 6.96. The predicted molar refractivity (Wildman–Crippen MR) is 112 cm³/mol. The minimum Gasteiger partial charge on any atom is -0.359 e. The summed E-state index contributed by atoms with van der Waals surface area (Å²) in [7, 11) is 1.95. The Balaban J connectivity index is 1.74. The maximum Gasteiger partial charge on any atom is 0.274 e.